The zero-order valence-electron chi connectivity index (χ0n) is 18.1. The van der Waals surface area contributed by atoms with E-state index in [2.05, 4.69) is 8.62 Å². The summed E-state index contributed by atoms with van der Waals surface area (Å²) < 4.78 is 53.3. The average Bonchev–Trinajstić information content (AvgIpc) is 2.59. The number of hydrogen-bond donors (Lipinski definition) is 0. The second-order valence-corrected chi connectivity index (χ2v) is 11.4. The maximum Gasteiger partial charge on any atom is 3.00 e. The fourth-order valence-corrected chi connectivity index (χ4v) is 6.12. The Morgan fingerprint density at radius 2 is 1.13 bits per heavy atom. The monoisotopic (exact) mass is 621 g/mol. The molecular weight excluding hydrogens is 589 g/mol. The van der Waals surface area contributed by atoms with E-state index in [1.54, 1.807) is 0 Å². The molecule has 0 amide bonds. The third-order valence-electron chi connectivity index (χ3n) is 4.42. The van der Waals surface area contributed by atoms with Crippen molar-refractivity contribution in [3.05, 3.63) is 0 Å². The van der Waals surface area contributed by atoms with Gasteiger partial charge in [0.1, 0.15) is 0 Å². The van der Waals surface area contributed by atoms with Crippen LogP contribution in [0.15, 0.2) is 0 Å². The van der Waals surface area contributed by atoms with Gasteiger partial charge in [0.15, 0.2) is 0 Å². The van der Waals surface area contributed by atoms with E-state index in [1.165, 1.54) is 0 Å². The Hall–Kier alpha value is 1.76. The van der Waals surface area contributed by atoms with E-state index in [0.717, 1.165) is 38.5 Å². The molecule has 14 heteroatoms. The average molecular weight is 624 g/mol. The molecule has 0 heterocycles. The van der Waals surface area contributed by atoms with Gasteiger partial charge >= 0.3 is 48.7 Å². The van der Waals surface area contributed by atoms with Crippen LogP contribution in [0.4, 0.5) is 0 Å². The molecule has 3 atom stereocenters. The van der Waals surface area contributed by atoms with Gasteiger partial charge in [0, 0.05) is 0 Å². The second kappa shape index (κ2) is 17.2. The van der Waals surface area contributed by atoms with Crippen LogP contribution in [0, 0.1) is 52.7 Å². The zero-order chi connectivity index (χ0) is 22.6. The van der Waals surface area contributed by atoms with Gasteiger partial charge in [0.2, 0.25) is 0 Å². The third kappa shape index (κ3) is 17.3. The first-order chi connectivity index (χ1) is 13.4. The summed E-state index contributed by atoms with van der Waals surface area (Å²) in [5, 5.41) is 0. The van der Waals surface area contributed by atoms with Crippen molar-refractivity contribution in [1.82, 2.24) is 0 Å². The van der Waals surface area contributed by atoms with Crippen LogP contribution in [0.5, 0.6) is 0 Å². The summed E-state index contributed by atoms with van der Waals surface area (Å²) in [6.07, 6.45) is 6.62. The molecule has 0 bridgehead atoms. The number of phosphoric ester groups is 1. The molecule has 10 nitrogen and oxygen atoms in total. The minimum atomic E-state index is -5.92. The number of unbranched alkanes of at least 4 members (excludes halogenated alkanes) is 2. The summed E-state index contributed by atoms with van der Waals surface area (Å²) in [6.45, 7) is 7.63. The first kappa shape index (κ1) is 33.9. The topological polar surface area (TPSA) is 157 Å². The largest absolute Gasteiger partial charge is 3.00 e. The fraction of sp³-hybridized carbons (Fsp3) is 1.00. The summed E-state index contributed by atoms with van der Waals surface area (Å²) in [7, 11) is -16.4. The van der Waals surface area contributed by atoms with E-state index in [4.69, 9.17) is 9.05 Å². The predicted molar refractivity (Wildman–Crippen MR) is 104 cm³/mol. The van der Waals surface area contributed by atoms with Crippen molar-refractivity contribution < 1.29 is 86.9 Å². The van der Waals surface area contributed by atoms with Crippen molar-refractivity contribution in [2.45, 2.75) is 79.1 Å². The molecule has 0 spiro atoms. The zero-order valence-corrected chi connectivity index (χ0v) is 24.0. The van der Waals surface area contributed by atoms with Gasteiger partial charge in [-0.1, -0.05) is 66.2 Å². The Labute approximate surface area is 213 Å². The molecule has 0 saturated carbocycles. The molecule has 0 aliphatic carbocycles. The number of rotatable bonds is 18. The summed E-state index contributed by atoms with van der Waals surface area (Å²) >= 11 is 0. The third-order valence-corrected chi connectivity index (χ3v) is 8.55. The summed E-state index contributed by atoms with van der Waals surface area (Å²) in [5.74, 6) is -0.0378. The predicted octanol–water partition coefficient (Wildman–Crippen LogP) is 3.89. The van der Waals surface area contributed by atoms with Crippen LogP contribution in [-0.2, 0) is 31.4 Å². The van der Waals surface area contributed by atoms with Crippen molar-refractivity contribution in [3.8, 4) is 0 Å². The first-order valence-electron chi connectivity index (χ1n) is 10.0. The first-order valence-corrected chi connectivity index (χ1v) is 14.4. The molecule has 0 fully saturated rings. The van der Waals surface area contributed by atoms with Gasteiger partial charge in [-0.3, -0.25) is 17.9 Å². The summed E-state index contributed by atoms with van der Waals surface area (Å²) in [4.78, 5) is 33.0. The van der Waals surface area contributed by atoms with E-state index in [9.17, 15) is 28.4 Å². The van der Waals surface area contributed by atoms with E-state index < -0.39 is 23.5 Å². The second-order valence-electron chi connectivity index (χ2n) is 6.93. The molecule has 0 saturated heterocycles. The Bertz CT molecular complexity index is 562. The molecular formula is C16H34NdO10P3. The number of phosphoric acid groups is 3. The van der Waals surface area contributed by atoms with Crippen molar-refractivity contribution >= 4 is 23.5 Å². The van der Waals surface area contributed by atoms with Crippen molar-refractivity contribution in [2.24, 2.45) is 11.8 Å². The van der Waals surface area contributed by atoms with Gasteiger partial charge in [-0.05, 0) is 24.7 Å². The van der Waals surface area contributed by atoms with Crippen LogP contribution in [0.1, 0.15) is 79.1 Å². The van der Waals surface area contributed by atoms with Crippen LogP contribution >= 0.6 is 23.5 Å². The maximum atomic E-state index is 12.9. The van der Waals surface area contributed by atoms with Gasteiger partial charge < -0.3 is 19.2 Å². The van der Waals surface area contributed by atoms with Gasteiger partial charge in [0.05, 0.1) is 21.0 Å². The Morgan fingerprint density at radius 1 is 0.733 bits per heavy atom. The fourth-order valence-electron chi connectivity index (χ4n) is 2.53. The normalized spacial score (nSPS) is 18.1. The minimum absolute atomic E-state index is 0. The summed E-state index contributed by atoms with van der Waals surface area (Å²) in [6, 6.07) is 0. The molecule has 0 N–H and O–H groups in total. The molecule has 177 valence electrons. The molecule has 0 aromatic carbocycles. The van der Waals surface area contributed by atoms with E-state index in [1.807, 2.05) is 27.7 Å². The van der Waals surface area contributed by atoms with Crippen molar-refractivity contribution in [1.29, 1.82) is 0 Å². The Morgan fingerprint density at radius 3 is 1.43 bits per heavy atom. The molecule has 0 aromatic heterocycles. The van der Waals surface area contributed by atoms with Gasteiger partial charge in [-0.2, -0.15) is 0 Å². The van der Waals surface area contributed by atoms with Crippen LogP contribution in [-0.4, -0.2) is 13.2 Å². The van der Waals surface area contributed by atoms with Gasteiger partial charge in [-0.25, -0.2) is 8.88 Å². The van der Waals surface area contributed by atoms with E-state index in [0.29, 0.717) is 12.8 Å². The van der Waals surface area contributed by atoms with Gasteiger partial charge in [-0.15, -0.1) is 0 Å². The molecule has 0 aliphatic rings. The smallest absolute Gasteiger partial charge is 0.790 e. The molecule has 3 unspecified atom stereocenters. The number of hydrogen-bond acceptors (Lipinski definition) is 10. The van der Waals surface area contributed by atoms with Crippen LogP contribution in [0.3, 0.4) is 0 Å². The quantitative estimate of drug-likeness (QED) is 0.205. The van der Waals surface area contributed by atoms with Crippen LogP contribution in [0.25, 0.3) is 0 Å². The Kier molecular flexibility index (Phi) is 19.5. The van der Waals surface area contributed by atoms with Crippen LogP contribution < -0.4 is 14.7 Å². The van der Waals surface area contributed by atoms with Crippen molar-refractivity contribution in [2.75, 3.05) is 13.2 Å². The minimum Gasteiger partial charge on any atom is -0.790 e. The molecule has 30 heavy (non-hydrogen) atoms. The SMILES string of the molecule is CCCCC(CC)COP(=O)(OCC(CC)CCCC)OP(=O)([O-])OP(=O)([O-])[O-].[Nd+3]. The van der Waals surface area contributed by atoms with E-state index in [-0.39, 0.29) is 65.9 Å². The molecule has 0 aliphatic heterocycles. The van der Waals surface area contributed by atoms with Crippen molar-refractivity contribution in [3.63, 3.8) is 0 Å². The van der Waals surface area contributed by atoms with Gasteiger partial charge in [0.25, 0.3) is 7.82 Å². The standard InChI is InChI=1S/C16H37O10P3.Nd/c1-5-9-11-15(7-3)13-23-29(22,24-14-16(8-4)12-10-6-2)26-28(20,21)25-27(17,18)19;/h15-16H,5-14H2,1-4H3,(H,20,21)(H2,17,18,19);/q;+3/p-3. The summed E-state index contributed by atoms with van der Waals surface area (Å²) in [5.41, 5.74) is 0. The van der Waals surface area contributed by atoms with Crippen LogP contribution in [0.2, 0.25) is 0 Å². The molecule has 1 radical (unpaired) electrons. The Balaban J connectivity index is 0. The molecule has 0 aromatic rings. The maximum absolute atomic E-state index is 12.9. The van der Waals surface area contributed by atoms with E-state index >= 15 is 0 Å². The molecule has 0 rings (SSSR count).